The molecular weight excluding hydrogens is 335 g/mol. The Kier molecular flexibility index (Phi) is 5.76. The molecule has 1 heterocycles. The van der Waals surface area contributed by atoms with E-state index in [0.29, 0.717) is 19.0 Å². The van der Waals surface area contributed by atoms with Crippen molar-refractivity contribution in [2.24, 2.45) is 11.7 Å². The van der Waals surface area contributed by atoms with Crippen LogP contribution in [0.25, 0.3) is 0 Å². The summed E-state index contributed by atoms with van der Waals surface area (Å²) in [5.74, 6) is -1.06. The van der Waals surface area contributed by atoms with Crippen molar-refractivity contribution in [1.29, 1.82) is 0 Å². The highest BCUT2D eigenvalue weighted by atomic mass is 19.1. The fourth-order valence-electron chi connectivity index (χ4n) is 3.64. The predicted octanol–water partition coefficient (Wildman–Crippen LogP) is 1.07. The molecule has 26 heavy (non-hydrogen) atoms. The van der Waals surface area contributed by atoms with Crippen LogP contribution < -0.4 is 21.3 Å². The number of aryl methyl sites for hydroxylation is 1. The summed E-state index contributed by atoms with van der Waals surface area (Å²) < 4.78 is 13.3. The first-order valence-corrected chi connectivity index (χ1v) is 9.30. The molecule has 6 nitrogen and oxygen atoms in total. The van der Waals surface area contributed by atoms with Crippen LogP contribution in [0.3, 0.4) is 0 Å². The molecule has 7 heteroatoms. The first kappa shape index (κ1) is 18.6. The molecule has 2 fully saturated rings. The van der Waals surface area contributed by atoms with Crippen LogP contribution in [0.1, 0.15) is 31.2 Å². The molecule has 0 spiro atoms. The van der Waals surface area contributed by atoms with Gasteiger partial charge in [0, 0.05) is 37.4 Å². The highest BCUT2D eigenvalue weighted by Gasteiger charge is 2.33. The molecule has 1 saturated heterocycles. The summed E-state index contributed by atoms with van der Waals surface area (Å²) in [4.78, 5) is 26.5. The Morgan fingerprint density at radius 1 is 1.31 bits per heavy atom. The maximum atomic E-state index is 13.3. The van der Waals surface area contributed by atoms with Gasteiger partial charge in [-0.15, -0.1) is 0 Å². The third-order valence-electron chi connectivity index (χ3n) is 5.22. The van der Waals surface area contributed by atoms with Gasteiger partial charge in [0.2, 0.25) is 0 Å². The normalized spacial score (nSPS) is 21.2. The smallest absolute Gasteiger partial charge is 0.309 e. The Morgan fingerprint density at radius 2 is 2.08 bits per heavy atom. The summed E-state index contributed by atoms with van der Waals surface area (Å²) in [5, 5.41) is 5.58. The van der Waals surface area contributed by atoms with Crippen LogP contribution in [-0.4, -0.2) is 43.5 Å². The first-order chi connectivity index (χ1) is 12.5. The summed E-state index contributed by atoms with van der Waals surface area (Å²) >= 11 is 0. The molecule has 3 rings (SSSR count). The number of hydrogen-bond acceptors (Lipinski definition) is 4. The second-order valence-electron chi connectivity index (χ2n) is 7.34. The molecule has 2 aliphatic rings. The van der Waals surface area contributed by atoms with E-state index >= 15 is 0 Å². The van der Waals surface area contributed by atoms with Crippen molar-refractivity contribution in [2.45, 2.75) is 44.7 Å². The van der Waals surface area contributed by atoms with E-state index < -0.39 is 11.8 Å². The Bertz CT molecular complexity index is 678. The molecule has 1 aromatic carbocycles. The van der Waals surface area contributed by atoms with Crippen LogP contribution in [0.2, 0.25) is 0 Å². The molecule has 142 valence electrons. The number of hydrogen-bond donors (Lipinski definition) is 3. The minimum atomic E-state index is -0.609. The van der Waals surface area contributed by atoms with Crippen LogP contribution in [0.4, 0.5) is 10.1 Å². The molecule has 2 unspecified atom stereocenters. The number of benzene rings is 1. The van der Waals surface area contributed by atoms with Gasteiger partial charge in [-0.05, 0) is 62.3 Å². The molecule has 2 amide bonds. The lowest BCUT2D eigenvalue weighted by Crippen LogP contribution is -2.53. The standard InChI is InChI=1S/C19H27FN4O2/c1-12-9-14(20)6-7-17(12)24-8-2-3-15(11-24)22-18(25)19(26)23-16(10-21)13-4-5-13/h6-7,9,13,15-16H,2-5,8,10-11,21H2,1H3,(H,22,25)(H,23,26). The van der Waals surface area contributed by atoms with Gasteiger partial charge in [0.1, 0.15) is 5.82 Å². The van der Waals surface area contributed by atoms with Gasteiger partial charge in [-0.25, -0.2) is 4.39 Å². The molecule has 4 N–H and O–H groups in total. The maximum absolute atomic E-state index is 13.3. The SMILES string of the molecule is Cc1cc(F)ccc1N1CCCC(NC(=O)C(=O)NC(CN)C2CC2)C1. The highest BCUT2D eigenvalue weighted by Crippen LogP contribution is 2.32. The Balaban J connectivity index is 1.55. The lowest BCUT2D eigenvalue weighted by Gasteiger charge is -2.35. The van der Waals surface area contributed by atoms with Gasteiger partial charge in [-0.2, -0.15) is 0 Å². The molecule has 1 aromatic rings. The van der Waals surface area contributed by atoms with Crippen molar-refractivity contribution in [3.05, 3.63) is 29.6 Å². The molecular formula is C19H27FN4O2. The maximum Gasteiger partial charge on any atom is 0.309 e. The summed E-state index contributed by atoms with van der Waals surface area (Å²) in [6.45, 7) is 3.68. The summed E-state index contributed by atoms with van der Waals surface area (Å²) in [6.07, 6.45) is 3.83. The molecule has 0 radical (unpaired) electrons. The molecule has 0 bridgehead atoms. The van der Waals surface area contributed by atoms with E-state index in [-0.39, 0.29) is 17.9 Å². The number of anilines is 1. The zero-order chi connectivity index (χ0) is 18.7. The number of amides is 2. The number of carbonyl (C=O) groups is 2. The molecule has 1 saturated carbocycles. The van der Waals surface area contributed by atoms with E-state index in [1.165, 1.54) is 12.1 Å². The number of nitrogens with two attached hydrogens (primary N) is 1. The summed E-state index contributed by atoms with van der Waals surface area (Å²) in [6, 6.07) is 4.50. The van der Waals surface area contributed by atoms with Crippen molar-refractivity contribution in [1.82, 2.24) is 10.6 Å². The first-order valence-electron chi connectivity index (χ1n) is 9.30. The number of nitrogens with zero attached hydrogens (tertiary/aromatic N) is 1. The second-order valence-corrected chi connectivity index (χ2v) is 7.34. The van der Waals surface area contributed by atoms with Gasteiger partial charge in [-0.3, -0.25) is 9.59 Å². The minimum Gasteiger partial charge on any atom is -0.369 e. The predicted molar refractivity (Wildman–Crippen MR) is 98.2 cm³/mol. The van der Waals surface area contributed by atoms with Gasteiger partial charge in [0.25, 0.3) is 0 Å². The molecule has 1 aliphatic heterocycles. The summed E-state index contributed by atoms with van der Waals surface area (Å²) in [7, 11) is 0. The average molecular weight is 362 g/mol. The molecule has 1 aliphatic carbocycles. The van der Waals surface area contributed by atoms with Crippen molar-refractivity contribution in [3.63, 3.8) is 0 Å². The fraction of sp³-hybridized carbons (Fsp3) is 0.579. The number of piperidine rings is 1. The van der Waals surface area contributed by atoms with Gasteiger partial charge in [-0.1, -0.05) is 0 Å². The van der Waals surface area contributed by atoms with E-state index in [4.69, 9.17) is 5.73 Å². The van der Waals surface area contributed by atoms with E-state index in [1.54, 1.807) is 6.07 Å². The van der Waals surface area contributed by atoms with Crippen molar-refractivity contribution in [3.8, 4) is 0 Å². The molecule has 2 atom stereocenters. The number of nitrogens with one attached hydrogen (secondary N) is 2. The van der Waals surface area contributed by atoms with Crippen molar-refractivity contribution < 1.29 is 14.0 Å². The van der Waals surface area contributed by atoms with Crippen molar-refractivity contribution >= 4 is 17.5 Å². The Labute approximate surface area is 153 Å². The lowest BCUT2D eigenvalue weighted by molar-refractivity contribution is -0.140. The minimum absolute atomic E-state index is 0.108. The van der Waals surface area contributed by atoms with Gasteiger partial charge >= 0.3 is 11.8 Å². The number of halogens is 1. The fourth-order valence-corrected chi connectivity index (χ4v) is 3.64. The Morgan fingerprint density at radius 3 is 2.73 bits per heavy atom. The van der Waals surface area contributed by atoms with Crippen LogP contribution in [-0.2, 0) is 9.59 Å². The van der Waals surface area contributed by atoms with Crippen LogP contribution >= 0.6 is 0 Å². The number of rotatable bonds is 5. The van der Waals surface area contributed by atoms with Gasteiger partial charge in [0.05, 0.1) is 0 Å². The second kappa shape index (κ2) is 8.03. The lowest BCUT2D eigenvalue weighted by atomic mass is 10.0. The van der Waals surface area contributed by atoms with Crippen LogP contribution in [0, 0.1) is 18.7 Å². The largest absolute Gasteiger partial charge is 0.369 e. The van der Waals surface area contributed by atoms with Gasteiger partial charge < -0.3 is 21.3 Å². The topological polar surface area (TPSA) is 87.5 Å². The monoisotopic (exact) mass is 362 g/mol. The van der Waals surface area contributed by atoms with Crippen molar-refractivity contribution in [2.75, 3.05) is 24.5 Å². The van der Waals surface area contributed by atoms with Gasteiger partial charge in [0.15, 0.2) is 0 Å². The highest BCUT2D eigenvalue weighted by molar-refractivity contribution is 6.35. The summed E-state index contributed by atoms with van der Waals surface area (Å²) in [5.41, 5.74) is 7.50. The number of carbonyl (C=O) groups excluding carboxylic acids is 2. The quantitative estimate of drug-likeness (QED) is 0.684. The molecule has 0 aromatic heterocycles. The third kappa shape index (κ3) is 4.52. The van der Waals surface area contributed by atoms with E-state index in [1.807, 2.05) is 6.92 Å². The average Bonchev–Trinajstić information content (AvgIpc) is 3.44. The van der Waals surface area contributed by atoms with Crippen LogP contribution in [0.5, 0.6) is 0 Å². The van der Waals surface area contributed by atoms with E-state index in [2.05, 4.69) is 15.5 Å². The Hall–Kier alpha value is -2.15. The zero-order valence-corrected chi connectivity index (χ0v) is 15.1. The van der Waals surface area contributed by atoms with E-state index in [9.17, 15) is 14.0 Å². The zero-order valence-electron chi connectivity index (χ0n) is 15.1. The van der Waals surface area contributed by atoms with E-state index in [0.717, 1.165) is 43.5 Å². The third-order valence-corrected chi connectivity index (χ3v) is 5.22. The van der Waals surface area contributed by atoms with Crippen LogP contribution in [0.15, 0.2) is 18.2 Å².